The van der Waals surface area contributed by atoms with Crippen LogP contribution >= 0.6 is 23.1 Å². The standard InChI is InChI=1S/C20H20N2O3S2/c1-12-16-18(21-13(2)22-19(16)27-17(12)20(24)25-3)26-11-7-10-15(23)14-8-5-4-6-9-14/h4-6,8-9H,7,10-11H2,1-3H3. The molecule has 2 aromatic heterocycles. The summed E-state index contributed by atoms with van der Waals surface area (Å²) in [5.74, 6) is 1.24. The van der Waals surface area contributed by atoms with E-state index in [0.29, 0.717) is 17.1 Å². The van der Waals surface area contributed by atoms with Crippen molar-refractivity contribution in [2.45, 2.75) is 31.7 Å². The molecular formula is C20H20N2O3S2. The molecule has 0 atom stereocenters. The minimum Gasteiger partial charge on any atom is -0.465 e. The number of rotatable bonds is 7. The lowest BCUT2D eigenvalue weighted by molar-refractivity contribution is 0.0605. The maximum Gasteiger partial charge on any atom is 0.348 e. The summed E-state index contributed by atoms with van der Waals surface area (Å²) in [4.78, 5) is 34.5. The average Bonchev–Trinajstić information content (AvgIpc) is 3.01. The molecule has 0 aliphatic rings. The Balaban J connectivity index is 1.72. The van der Waals surface area contributed by atoms with E-state index >= 15 is 0 Å². The van der Waals surface area contributed by atoms with Crippen LogP contribution in [0.1, 0.15) is 44.3 Å². The summed E-state index contributed by atoms with van der Waals surface area (Å²) in [5, 5.41) is 1.76. The third-order valence-corrected chi connectivity index (χ3v) is 6.35. The van der Waals surface area contributed by atoms with Gasteiger partial charge in [0, 0.05) is 17.4 Å². The van der Waals surface area contributed by atoms with Crippen LogP contribution in [0.3, 0.4) is 0 Å². The SMILES string of the molecule is COC(=O)c1sc2nc(C)nc(SCCCC(=O)c3ccccc3)c2c1C. The van der Waals surface area contributed by atoms with Crippen LogP contribution in [0.4, 0.5) is 0 Å². The van der Waals surface area contributed by atoms with Gasteiger partial charge in [0.15, 0.2) is 5.78 Å². The summed E-state index contributed by atoms with van der Waals surface area (Å²) < 4.78 is 4.86. The van der Waals surface area contributed by atoms with Crippen molar-refractivity contribution in [1.82, 2.24) is 9.97 Å². The number of carbonyl (C=O) groups excluding carboxylic acids is 2. The monoisotopic (exact) mass is 400 g/mol. The van der Waals surface area contributed by atoms with Gasteiger partial charge in [0.2, 0.25) is 0 Å². The number of methoxy groups -OCH3 is 1. The van der Waals surface area contributed by atoms with E-state index in [0.717, 1.165) is 38.5 Å². The van der Waals surface area contributed by atoms with Gasteiger partial charge < -0.3 is 4.74 Å². The highest BCUT2D eigenvalue weighted by atomic mass is 32.2. The molecule has 140 valence electrons. The first-order valence-electron chi connectivity index (χ1n) is 8.58. The molecule has 5 nitrogen and oxygen atoms in total. The number of hydrogen-bond acceptors (Lipinski definition) is 7. The van der Waals surface area contributed by atoms with Gasteiger partial charge in [-0.3, -0.25) is 4.79 Å². The highest BCUT2D eigenvalue weighted by Crippen LogP contribution is 2.36. The number of ketones is 1. The van der Waals surface area contributed by atoms with Crippen molar-refractivity contribution in [3.05, 3.63) is 52.2 Å². The number of fused-ring (bicyclic) bond motifs is 1. The van der Waals surface area contributed by atoms with E-state index < -0.39 is 0 Å². The van der Waals surface area contributed by atoms with Gasteiger partial charge in [0.1, 0.15) is 20.6 Å². The molecule has 0 saturated heterocycles. The molecule has 0 bridgehead atoms. The number of aromatic nitrogens is 2. The van der Waals surface area contributed by atoms with Crippen molar-refractivity contribution in [1.29, 1.82) is 0 Å². The van der Waals surface area contributed by atoms with Gasteiger partial charge in [-0.1, -0.05) is 30.3 Å². The fourth-order valence-corrected chi connectivity index (χ4v) is 5.05. The predicted octanol–water partition coefficient (Wildman–Crippen LogP) is 4.85. The number of thioether (sulfide) groups is 1. The minimum absolute atomic E-state index is 0.153. The molecule has 0 fully saturated rings. The normalized spacial score (nSPS) is 10.9. The summed E-state index contributed by atoms with van der Waals surface area (Å²) >= 11 is 2.93. The highest BCUT2D eigenvalue weighted by molar-refractivity contribution is 7.99. The van der Waals surface area contributed by atoms with Gasteiger partial charge in [0.25, 0.3) is 0 Å². The van der Waals surface area contributed by atoms with Crippen LogP contribution in [-0.4, -0.2) is 34.6 Å². The largest absolute Gasteiger partial charge is 0.465 e. The number of esters is 1. The van der Waals surface area contributed by atoms with Crippen molar-refractivity contribution in [2.24, 2.45) is 0 Å². The Hall–Kier alpha value is -2.25. The first-order chi connectivity index (χ1) is 13.0. The van der Waals surface area contributed by atoms with E-state index in [2.05, 4.69) is 9.97 Å². The van der Waals surface area contributed by atoms with Gasteiger partial charge >= 0.3 is 5.97 Å². The lowest BCUT2D eigenvalue weighted by Crippen LogP contribution is -2.00. The van der Waals surface area contributed by atoms with E-state index in [1.165, 1.54) is 18.4 Å². The zero-order chi connectivity index (χ0) is 19.4. The van der Waals surface area contributed by atoms with Gasteiger partial charge in [-0.15, -0.1) is 23.1 Å². The number of Topliss-reactive ketones (excluding diaryl/α,β-unsaturated/α-hetero) is 1. The molecule has 3 rings (SSSR count). The second-order valence-electron chi connectivity index (χ2n) is 6.05. The number of benzene rings is 1. The van der Waals surface area contributed by atoms with Crippen LogP contribution in [-0.2, 0) is 4.74 Å². The first kappa shape index (κ1) is 19.5. The van der Waals surface area contributed by atoms with Gasteiger partial charge in [-0.2, -0.15) is 0 Å². The van der Waals surface area contributed by atoms with Crippen molar-refractivity contribution >= 4 is 45.1 Å². The maximum atomic E-state index is 12.2. The topological polar surface area (TPSA) is 69.2 Å². The van der Waals surface area contributed by atoms with Crippen molar-refractivity contribution in [2.75, 3.05) is 12.9 Å². The Bertz CT molecular complexity index is 984. The third kappa shape index (κ3) is 4.36. The molecule has 0 aliphatic carbocycles. The van der Waals surface area contributed by atoms with E-state index in [9.17, 15) is 9.59 Å². The molecule has 0 aliphatic heterocycles. The molecule has 0 N–H and O–H groups in total. The minimum atomic E-state index is -0.349. The quantitative estimate of drug-likeness (QED) is 0.186. The van der Waals surface area contributed by atoms with Gasteiger partial charge in [-0.05, 0) is 31.6 Å². The summed E-state index contributed by atoms with van der Waals surface area (Å²) in [7, 11) is 1.38. The molecule has 0 spiro atoms. The lowest BCUT2D eigenvalue weighted by atomic mass is 10.1. The average molecular weight is 401 g/mol. The van der Waals surface area contributed by atoms with Crippen LogP contribution < -0.4 is 0 Å². The second kappa shape index (κ2) is 8.63. The molecule has 3 aromatic rings. The number of nitrogens with zero attached hydrogens (tertiary/aromatic N) is 2. The fourth-order valence-electron chi connectivity index (χ4n) is 2.77. The number of aryl methyl sites for hydroxylation is 2. The molecule has 0 radical (unpaired) electrons. The molecule has 0 unspecified atom stereocenters. The summed E-state index contributed by atoms with van der Waals surface area (Å²) in [5.41, 5.74) is 1.60. The van der Waals surface area contributed by atoms with E-state index in [4.69, 9.17) is 4.74 Å². The summed E-state index contributed by atoms with van der Waals surface area (Å²) in [6.45, 7) is 3.74. The Morgan fingerprint density at radius 2 is 1.89 bits per heavy atom. The molecule has 0 saturated carbocycles. The second-order valence-corrected chi connectivity index (χ2v) is 8.13. The number of hydrogen-bond donors (Lipinski definition) is 0. The van der Waals surface area contributed by atoms with Crippen LogP contribution in [0.2, 0.25) is 0 Å². The van der Waals surface area contributed by atoms with Crippen molar-refractivity contribution < 1.29 is 14.3 Å². The zero-order valence-electron chi connectivity index (χ0n) is 15.4. The van der Waals surface area contributed by atoms with Crippen LogP contribution in [0.5, 0.6) is 0 Å². The first-order valence-corrected chi connectivity index (χ1v) is 10.4. The van der Waals surface area contributed by atoms with Gasteiger partial charge in [0.05, 0.1) is 7.11 Å². The summed E-state index contributed by atoms with van der Waals surface area (Å²) in [6.07, 6.45) is 1.26. The third-order valence-electron chi connectivity index (χ3n) is 4.12. The van der Waals surface area contributed by atoms with Crippen LogP contribution in [0.25, 0.3) is 10.2 Å². The number of ether oxygens (including phenoxy) is 1. The molecular weight excluding hydrogens is 380 g/mol. The Labute approximate surface area is 166 Å². The van der Waals surface area contributed by atoms with Crippen molar-refractivity contribution in [3.8, 4) is 0 Å². The van der Waals surface area contributed by atoms with E-state index in [1.54, 1.807) is 11.8 Å². The molecule has 2 heterocycles. The van der Waals surface area contributed by atoms with Crippen molar-refractivity contribution in [3.63, 3.8) is 0 Å². The van der Waals surface area contributed by atoms with E-state index in [1.807, 2.05) is 44.2 Å². The fraction of sp³-hybridized carbons (Fsp3) is 0.300. The smallest absolute Gasteiger partial charge is 0.348 e. The predicted molar refractivity (Wildman–Crippen MR) is 109 cm³/mol. The number of thiophene rings is 1. The molecule has 1 aromatic carbocycles. The Kier molecular flexibility index (Phi) is 6.23. The van der Waals surface area contributed by atoms with Gasteiger partial charge in [-0.25, -0.2) is 14.8 Å². The zero-order valence-corrected chi connectivity index (χ0v) is 17.1. The molecule has 27 heavy (non-hydrogen) atoms. The summed E-state index contributed by atoms with van der Waals surface area (Å²) in [6, 6.07) is 9.34. The Morgan fingerprint density at radius 3 is 2.59 bits per heavy atom. The van der Waals surface area contributed by atoms with Crippen LogP contribution in [0, 0.1) is 13.8 Å². The maximum absolute atomic E-state index is 12.2. The number of carbonyl (C=O) groups is 2. The molecule has 0 amide bonds. The van der Waals surface area contributed by atoms with Crippen LogP contribution in [0.15, 0.2) is 35.4 Å². The highest BCUT2D eigenvalue weighted by Gasteiger charge is 2.20. The van der Waals surface area contributed by atoms with E-state index in [-0.39, 0.29) is 11.8 Å². The Morgan fingerprint density at radius 1 is 1.15 bits per heavy atom. The lowest BCUT2D eigenvalue weighted by Gasteiger charge is -2.05. The molecule has 7 heteroatoms.